The Balaban J connectivity index is 1.64. The molecule has 2 bridgehead atoms. The highest BCUT2D eigenvalue weighted by molar-refractivity contribution is 5.85. The molecule has 0 aromatic heterocycles. The van der Waals surface area contributed by atoms with E-state index >= 15 is 0 Å². The first-order valence-electron chi connectivity index (χ1n) is 9.53. The van der Waals surface area contributed by atoms with Crippen LogP contribution in [0.2, 0.25) is 0 Å². The summed E-state index contributed by atoms with van der Waals surface area (Å²) in [6.45, 7) is 1.67. The van der Waals surface area contributed by atoms with Gasteiger partial charge in [-0.2, -0.15) is 4.39 Å². The minimum atomic E-state index is -1.88. The van der Waals surface area contributed by atoms with E-state index in [2.05, 4.69) is 0 Å². The Bertz CT molecular complexity index is 748. The number of hydrogen-bond acceptors (Lipinski definition) is 3. The van der Waals surface area contributed by atoms with Gasteiger partial charge in [0.25, 0.3) is 0 Å². The quantitative estimate of drug-likeness (QED) is 0.501. The van der Waals surface area contributed by atoms with Crippen LogP contribution >= 0.6 is 0 Å². The van der Waals surface area contributed by atoms with E-state index in [0.29, 0.717) is 22.2 Å². The van der Waals surface area contributed by atoms with E-state index in [-0.39, 0.29) is 12.0 Å². The van der Waals surface area contributed by atoms with Crippen LogP contribution in [0, 0.1) is 5.92 Å². The van der Waals surface area contributed by atoms with Crippen molar-refractivity contribution >= 4 is 5.97 Å². The Morgan fingerprint density at radius 2 is 1.56 bits per heavy atom. The zero-order chi connectivity index (χ0) is 18.9. The standard InChI is InChI=1S/C22H25FNO3/c23-16-24-13-11-17(12-14-24)20(15-24)27-21(25)22(26,18-7-3-1-4-8-18)19-9-5-2-6-10-19/h1-10,17,20,26H,11-16H2/q+1/i23-1. The fourth-order valence-corrected chi connectivity index (χ4v) is 4.51. The molecule has 3 heterocycles. The second kappa shape index (κ2) is 7.06. The Labute approximate surface area is 158 Å². The lowest BCUT2D eigenvalue weighted by atomic mass is 9.83. The molecule has 1 N–H and O–H groups in total. The SMILES string of the molecule is O=C(OC1C[N+]2(C[18F])CCC1CC2)C(O)(c1ccccc1)c1ccccc1. The summed E-state index contributed by atoms with van der Waals surface area (Å²) in [6, 6.07) is 17.7. The average Bonchev–Trinajstić information content (AvgIpc) is 2.75. The molecule has 3 fully saturated rings. The molecule has 1 unspecified atom stereocenters. The van der Waals surface area contributed by atoms with Crippen LogP contribution in [0.25, 0.3) is 0 Å². The maximum Gasteiger partial charge on any atom is 0.348 e. The number of rotatable bonds is 5. The first-order chi connectivity index (χ1) is 13.1. The van der Waals surface area contributed by atoms with Crippen molar-refractivity contribution in [3.63, 3.8) is 0 Å². The average molecular weight is 369 g/mol. The molecule has 3 aliphatic heterocycles. The van der Waals surface area contributed by atoms with Gasteiger partial charge < -0.3 is 9.84 Å². The lowest BCUT2D eigenvalue weighted by molar-refractivity contribution is -0.956. The maximum atomic E-state index is 13.6. The Morgan fingerprint density at radius 3 is 2.04 bits per heavy atom. The van der Waals surface area contributed by atoms with Crippen molar-refractivity contribution < 1.29 is 23.5 Å². The van der Waals surface area contributed by atoms with Crippen LogP contribution in [-0.4, -0.2) is 48.1 Å². The van der Waals surface area contributed by atoms with Crippen molar-refractivity contribution in [1.82, 2.24) is 0 Å². The number of fused-ring (bicyclic) bond motifs is 3. The van der Waals surface area contributed by atoms with Gasteiger partial charge in [-0.05, 0) is 11.1 Å². The summed E-state index contributed by atoms with van der Waals surface area (Å²) in [6.07, 6.45) is 1.36. The van der Waals surface area contributed by atoms with Crippen LogP contribution in [0.3, 0.4) is 0 Å². The van der Waals surface area contributed by atoms with E-state index in [0.717, 1.165) is 25.9 Å². The zero-order valence-corrected chi connectivity index (χ0v) is 15.3. The summed E-state index contributed by atoms with van der Waals surface area (Å²) in [5.74, 6) is -0.438. The van der Waals surface area contributed by atoms with Gasteiger partial charge in [0, 0.05) is 18.8 Å². The third kappa shape index (κ3) is 3.15. The van der Waals surface area contributed by atoms with Crippen LogP contribution in [0.5, 0.6) is 0 Å². The monoisotopic (exact) mass is 369 g/mol. The van der Waals surface area contributed by atoms with Gasteiger partial charge in [-0.1, -0.05) is 60.7 Å². The number of benzene rings is 2. The van der Waals surface area contributed by atoms with Gasteiger partial charge in [0.1, 0.15) is 6.54 Å². The highest BCUT2D eigenvalue weighted by Crippen LogP contribution is 2.38. The molecule has 3 aliphatic rings. The van der Waals surface area contributed by atoms with Gasteiger partial charge >= 0.3 is 5.97 Å². The Kier molecular flexibility index (Phi) is 4.74. The van der Waals surface area contributed by atoms with Crippen LogP contribution in [0.1, 0.15) is 24.0 Å². The van der Waals surface area contributed by atoms with Gasteiger partial charge in [-0.15, -0.1) is 0 Å². The predicted octanol–water partition coefficient (Wildman–Crippen LogP) is 3.00. The number of esters is 1. The molecule has 0 aliphatic carbocycles. The van der Waals surface area contributed by atoms with Crippen LogP contribution in [-0.2, 0) is 15.1 Å². The third-order valence-electron chi connectivity index (χ3n) is 6.23. The molecular weight excluding hydrogens is 344 g/mol. The minimum Gasteiger partial charge on any atom is -0.453 e. The summed E-state index contributed by atoms with van der Waals surface area (Å²) in [5, 5.41) is 11.5. The van der Waals surface area contributed by atoms with Crippen molar-refractivity contribution in [2.45, 2.75) is 24.5 Å². The van der Waals surface area contributed by atoms with E-state index in [1.54, 1.807) is 48.5 Å². The molecular formula is C22H25FNO3+. The molecule has 0 saturated carbocycles. The Morgan fingerprint density at radius 1 is 1.04 bits per heavy atom. The molecule has 5 heteroatoms. The summed E-state index contributed by atoms with van der Waals surface area (Å²) in [4.78, 5) is 13.2. The van der Waals surface area contributed by atoms with E-state index < -0.39 is 18.4 Å². The van der Waals surface area contributed by atoms with E-state index in [1.807, 2.05) is 12.1 Å². The third-order valence-corrected chi connectivity index (χ3v) is 6.23. The molecule has 0 spiro atoms. The van der Waals surface area contributed by atoms with Crippen molar-refractivity contribution in [3.05, 3.63) is 71.8 Å². The molecule has 0 radical (unpaired) electrons. The largest absolute Gasteiger partial charge is 0.453 e. The van der Waals surface area contributed by atoms with Gasteiger partial charge in [-0.3, -0.25) is 4.48 Å². The second-order valence-electron chi connectivity index (χ2n) is 7.81. The normalized spacial score (nSPS) is 27.3. The van der Waals surface area contributed by atoms with Crippen molar-refractivity contribution in [1.29, 1.82) is 0 Å². The molecule has 2 aromatic rings. The number of aliphatic hydroxyl groups is 1. The van der Waals surface area contributed by atoms with Gasteiger partial charge in [0.05, 0.1) is 13.1 Å². The number of hydrogen-bond donors (Lipinski definition) is 1. The predicted molar refractivity (Wildman–Crippen MR) is 99.3 cm³/mol. The van der Waals surface area contributed by atoms with Crippen LogP contribution in [0.15, 0.2) is 60.7 Å². The van der Waals surface area contributed by atoms with E-state index in [1.165, 1.54) is 0 Å². The van der Waals surface area contributed by atoms with Crippen LogP contribution in [0.4, 0.5) is 4.39 Å². The number of quaternary nitrogens is 1. The molecule has 27 heavy (non-hydrogen) atoms. The number of carbonyl (C=O) groups excluding carboxylic acids is 1. The molecule has 142 valence electrons. The molecule has 5 rings (SSSR count). The van der Waals surface area contributed by atoms with Gasteiger partial charge in [-0.25, -0.2) is 4.79 Å². The lowest BCUT2D eigenvalue weighted by Crippen LogP contribution is -2.64. The first kappa shape index (κ1) is 18.1. The van der Waals surface area contributed by atoms with E-state index in [9.17, 15) is 14.3 Å². The number of nitrogens with zero attached hydrogens (tertiary/aromatic N) is 1. The van der Waals surface area contributed by atoms with Crippen molar-refractivity contribution in [3.8, 4) is 0 Å². The summed E-state index contributed by atoms with van der Waals surface area (Å²) in [7, 11) is 0. The maximum absolute atomic E-state index is 13.6. The van der Waals surface area contributed by atoms with Gasteiger partial charge in [0.15, 0.2) is 6.10 Å². The fraction of sp³-hybridized carbons (Fsp3) is 0.409. The van der Waals surface area contributed by atoms with Gasteiger partial charge in [0.2, 0.25) is 12.4 Å². The summed E-state index contributed by atoms with van der Waals surface area (Å²) in [5.41, 5.74) is -0.941. The molecule has 3 saturated heterocycles. The molecule has 0 amide bonds. The zero-order valence-electron chi connectivity index (χ0n) is 15.3. The van der Waals surface area contributed by atoms with Crippen molar-refractivity contribution in [2.24, 2.45) is 5.92 Å². The summed E-state index contributed by atoms with van der Waals surface area (Å²) < 4.78 is 19.8. The highest BCUT2D eigenvalue weighted by Gasteiger charge is 2.50. The smallest absolute Gasteiger partial charge is 0.348 e. The summed E-state index contributed by atoms with van der Waals surface area (Å²) >= 11 is 0. The molecule has 2 aromatic carbocycles. The molecule has 4 nitrogen and oxygen atoms in total. The molecule has 1 atom stereocenters. The first-order valence-corrected chi connectivity index (χ1v) is 9.53. The van der Waals surface area contributed by atoms with Crippen LogP contribution < -0.4 is 0 Å². The number of carbonyl (C=O) groups is 1. The van der Waals surface area contributed by atoms with E-state index in [4.69, 9.17) is 4.74 Å². The lowest BCUT2D eigenvalue weighted by Gasteiger charge is -2.50. The fourth-order valence-electron chi connectivity index (χ4n) is 4.51. The number of alkyl halides is 1. The number of halogens is 1. The Hall–Kier alpha value is -2.24. The number of piperidine rings is 3. The minimum absolute atomic E-state index is 0.247. The number of ether oxygens (including phenoxy) is 1. The second-order valence-corrected chi connectivity index (χ2v) is 7.81. The highest BCUT2D eigenvalue weighted by atomic mass is 18.2. The topological polar surface area (TPSA) is 46.5 Å². The van der Waals surface area contributed by atoms with Crippen molar-refractivity contribution in [2.75, 3.05) is 26.4 Å².